The van der Waals surface area contributed by atoms with Crippen molar-refractivity contribution in [3.8, 4) is 17.2 Å². The minimum absolute atomic E-state index is 0.0284. The Morgan fingerprint density at radius 3 is 2.42 bits per heavy atom. The number of rotatable bonds is 2. The van der Waals surface area contributed by atoms with Crippen molar-refractivity contribution in [2.75, 3.05) is 0 Å². The van der Waals surface area contributed by atoms with E-state index in [4.69, 9.17) is 16.3 Å². The second-order valence-electron chi connectivity index (χ2n) is 4.22. The van der Waals surface area contributed by atoms with E-state index in [0.29, 0.717) is 16.5 Å². The molecule has 94 valence electrons. The minimum Gasteiger partial charge on any atom is -0.504 e. The van der Waals surface area contributed by atoms with Gasteiger partial charge in [-0.05, 0) is 35.0 Å². The van der Waals surface area contributed by atoms with Gasteiger partial charge in [0.2, 0.25) is 0 Å². The lowest BCUT2D eigenvalue weighted by Gasteiger charge is -2.08. The van der Waals surface area contributed by atoms with Gasteiger partial charge in [-0.25, -0.2) is 0 Å². The summed E-state index contributed by atoms with van der Waals surface area (Å²) in [6.07, 6.45) is 0. The van der Waals surface area contributed by atoms with Gasteiger partial charge >= 0.3 is 0 Å². The minimum atomic E-state index is 0.0284. The Morgan fingerprint density at radius 2 is 1.63 bits per heavy atom. The Labute approximate surface area is 115 Å². The molecule has 0 heterocycles. The maximum absolute atomic E-state index is 9.76. The average molecular weight is 271 g/mol. The summed E-state index contributed by atoms with van der Waals surface area (Å²) in [5.74, 6) is 1.09. The van der Waals surface area contributed by atoms with Gasteiger partial charge in [0.15, 0.2) is 11.5 Å². The lowest BCUT2D eigenvalue weighted by molar-refractivity contribution is 0.411. The van der Waals surface area contributed by atoms with Crippen LogP contribution in [-0.2, 0) is 0 Å². The number of hydrogen-bond donors (Lipinski definition) is 1. The van der Waals surface area contributed by atoms with Crippen molar-refractivity contribution < 1.29 is 9.84 Å². The number of halogens is 1. The highest BCUT2D eigenvalue weighted by atomic mass is 35.5. The molecule has 0 saturated heterocycles. The highest BCUT2D eigenvalue weighted by molar-refractivity contribution is 6.30. The number of benzene rings is 3. The monoisotopic (exact) mass is 270 g/mol. The third kappa shape index (κ3) is 2.49. The van der Waals surface area contributed by atoms with Gasteiger partial charge in [0.25, 0.3) is 0 Å². The number of hydrogen-bond acceptors (Lipinski definition) is 2. The summed E-state index contributed by atoms with van der Waals surface area (Å²) in [6, 6.07) is 18.6. The van der Waals surface area contributed by atoms with Crippen molar-refractivity contribution >= 4 is 22.4 Å². The molecule has 0 aromatic heterocycles. The van der Waals surface area contributed by atoms with Crippen molar-refractivity contribution in [2.24, 2.45) is 0 Å². The van der Waals surface area contributed by atoms with Crippen LogP contribution in [0.25, 0.3) is 10.8 Å². The fourth-order valence-electron chi connectivity index (χ4n) is 1.93. The summed E-state index contributed by atoms with van der Waals surface area (Å²) in [4.78, 5) is 0. The predicted octanol–water partition coefficient (Wildman–Crippen LogP) is 4.99. The highest BCUT2D eigenvalue weighted by Crippen LogP contribution is 2.33. The molecule has 0 spiro atoms. The summed E-state index contributed by atoms with van der Waals surface area (Å²) in [5, 5.41) is 12.5. The van der Waals surface area contributed by atoms with Crippen LogP contribution in [0.4, 0.5) is 0 Å². The molecule has 0 atom stereocenters. The van der Waals surface area contributed by atoms with Gasteiger partial charge in [0.1, 0.15) is 5.75 Å². The van der Waals surface area contributed by atoms with Crippen molar-refractivity contribution in [1.29, 1.82) is 0 Å². The molecule has 0 aliphatic rings. The van der Waals surface area contributed by atoms with Gasteiger partial charge in [0, 0.05) is 11.1 Å². The molecule has 3 rings (SSSR count). The Hall–Kier alpha value is -2.19. The van der Waals surface area contributed by atoms with Crippen LogP contribution in [0.5, 0.6) is 17.2 Å². The SMILES string of the molecule is Oc1cc(Cl)ccc1Oc1ccc2ccccc2c1. The number of ether oxygens (including phenoxy) is 1. The normalized spacial score (nSPS) is 10.6. The summed E-state index contributed by atoms with van der Waals surface area (Å²) in [6.45, 7) is 0. The number of fused-ring (bicyclic) bond motifs is 1. The maximum Gasteiger partial charge on any atom is 0.169 e. The molecular formula is C16H11ClO2. The van der Waals surface area contributed by atoms with Crippen LogP contribution < -0.4 is 4.74 Å². The van der Waals surface area contributed by atoms with E-state index in [0.717, 1.165) is 10.8 Å². The summed E-state index contributed by atoms with van der Waals surface area (Å²) in [7, 11) is 0. The molecule has 0 aliphatic carbocycles. The first-order valence-electron chi connectivity index (χ1n) is 5.87. The van der Waals surface area contributed by atoms with Crippen LogP contribution in [0.15, 0.2) is 60.7 Å². The first-order valence-corrected chi connectivity index (χ1v) is 6.25. The number of aromatic hydroxyl groups is 1. The fourth-order valence-corrected chi connectivity index (χ4v) is 2.10. The van der Waals surface area contributed by atoms with Crippen LogP contribution >= 0.6 is 11.6 Å². The highest BCUT2D eigenvalue weighted by Gasteiger charge is 2.05. The summed E-state index contributed by atoms with van der Waals surface area (Å²) < 4.78 is 5.66. The molecule has 3 heteroatoms. The van der Waals surface area contributed by atoms with Crippen molar-refractivity contribution in [3.05, 3.63) is 65.7 Å². The first-order chi connectivity index (χ1) is 9.22. The molecule has 0 unspecified atom stereocenters. The van der Waals surface area contributed by atoms with Crippen LogP contribution in [0.2, 0.25) is 5.02 Å². The zero-order chi connectivity index (χ0) is 13.2. The standard InChI is InChI=1S/C16H11ClO2/c17-13-6-8-16(15(18)10-13)19-14-7-5-11-3-1-2-4-12(11)9-14/h1-10,18H. The smallest absolute Gasteiger partial charge is 0.169 e. The van der Waals surface area contributed by atoms with Gasteiger partial charge in [-0.1, -0.05) is 41.9 Å². The maximum atomic E-state index is 9.76. The molecule has 0 bridgehead atoms. The van der Waals surface area contributed by atoms with Gasteiger partial charge in [0.05, 0.1) is 0 Å². The van der Waals surface area contributed by atoms with E-state index >= 15 is 0 Å². The van der Waals surface area contributed by atoms with E-state index < -0.39 is 0 Å². The topological polar surface area (TPSA) is 29.5 Å². The van der Waals surface area contributed by atoms with Crippen LogP contribution in [-0.4, -0.2) is 5.11 Å². The van der Waals surface area contributed by atoms with E-state index in [9.17, 15) is 5.11 Å². The summed E-state index contributed by atoms with van der Waals surface area (Å²) in [5.41, 5.74) is 0. The lowest BCUT2D eigenvalue weighted by atomic mass is 10.1. The van der Waals surface area contributed by atoms with Crippen LogP contribution in [0.1, 0.15) is 0 Å². The number of phenolic OH excluding ortho intramolecular Hbond substituents is 1. The summed E-state index contributed by atoms with van der Waals surface area (Å²) >= 11 is 5.78. The van der Waals surface area contributed by atoms with Gasteiger partial charge in [-0.2, -0.15) is 0 Å². The Kier molecular flexibility index (Phi) is 3.02. The van der Waals surface area contributed by atoms with Crippen LogP contribution in [0, 0.1) is 0 Å². The van der Waals surface area contributed by atoms with E-state index in [-0.39, 0.29) is 5.75 Å². The molecule has 0 amide bonds. The van der Waals surface area contributed by atoms with Crippen molar-refractivity contribution in [1.82, 2.24) is 0 Å². The third-order valence-corrected chi connectivity index (χ3v) is 3.10. The Morgan fingerprint density at radius 1 is 0.842 bits per heavy atom. The van der Waals surface area contributed by atoms with Gasteiger partial charge < -0.3 is 9.84 Å². The molecule has 0 saturated carbocycles. The Balaban J connectivity index is 1.96. The number of phenols is 1. The second-order valence-corrected chi connectivity index (χ2v) is 4.66. The van der Waals surface area contributed by atoms with E-state index in [1.54, 1.807) is 12.1 Å². The molecule has 3 aromatic rings. The molecule has 0 aliphatic heterocycles. The predicted molar refractivity (Wildman–Crippen MR) is 77.1 cm³/mol. The molecule has 19 heavy (non-hydrogen) atoms. The quantitative estimate of drug-likeness (QED) is 0.711. The largest absolute Gasteiger partial charge is 0.504 e. The van der Waals surface area contributed by atoms with Crippen molar-refractivity contribution in [2.45, 2.75) is 0 Å². The lowest BCUT2D eigenvalue weighted by Crippen LogP contribution is -1.85. The third-order valence-electron chi connectivity index (χ3n) is 2.87. The van der Waals surface area contributed by atoms with E-state index in [1.165, 1.54) is 6.07 Å². The molecular weight excluding hydrogens is 260 g/mol. The Bertz CT molecular complexity index is 738. The molecule has 2 nitrogen and oxygen atoms in total. The van der Waals surface area contributed by atoms with E-state index in [1.807, 2.05) is 42.5 Å². The molecule has 0 fully saturated rings. The average Bonchev–Trinajstić information content (AvgIpc) is 2.42. The van der Waals surface area contributed by atoms with E-state index in [2.05, 4.69) is 0 Å². The van der Waals surface area contributed by atoms with Crippen molar-refractivity contribution in [3.63, 3.8) is 0 Å². The zero-order valence-electron chi connectivity index (χ0n) is 10.0. The van der Waals surface area contributed by atoms with Gasteiger partial charge in [-0.3, -0.25) is 0 Å². The molecule has 0 radical (unpaired) electrons. The first kappa shape index (κ1) is 11.9. The fraction of sp³-hybridized carbons (Fsp3) is 0. The van der Waals surface area contributed by atoms with Crippen LogP contribution in [0.3, 0.4) is 0 Å². The molecule has 1 N–H and O–H groups in total. The zero-order valence-corrected chi connectivity index (χ0v) is 10.8. The second kappa shape index (κ2) is 4.82. The molecule has 3 aromatic carbocycles. The van der Waals surface area contributed by atoms with Gasteiger partial charge in [-0.15, -0.1) is 0 Å².